The summed E-state index contributed by atoms with van der Waals surface area (Å²) in [6, 6.07) is 1.92. The van der Waals surface area contributed by atoms with Gasteiger partial charge in [0, 0.05) is 47.0 Å². The molecule has 12 heteroatoms. The maximum atomic E-state index is 5.44. The number of morpholine rings is 1. The van der Waals surface area contributed by atoms with Crippen molar-refractivity contribution in [3.8, 4) is 0 Å². The highest BCUT2D eigenvalue weighted by atomic mass is 32.2. The maximum Gasteiger partial charge on any atom is 0.231 e. The SMILES string of the molecule is Cc1cc(Sc2nc(N(C)C)nc(N3CCOCC3)n2)nc(SC(=S)N(C)C)n1. The van der Waals surface area contributed by atoms with Gasteiger partial charge in [0.1, 0.15) is 9.35 Å². The Kier molecular flexibility index (Phi) is 7.44. The van der Waals surface area contributed by atoms with E-state index >= 15 is 0 Å². The molecule has 0 aliphatic carbocycles. The number of anilines is 2. The maximum absolute atomic E-state index is 5.44. The normalized spacial score (nSPS) is 14.0. The summed E-state index contributed by atoms with van der Waals surface area (Å²) in [6.07, 6.45) is 0. The lowest BCUT2D eigenvalue weighted by Gasteiger charge is -2.27. The smallest absolute Gasteiger partial charge is 0.231 e. The Balaban J connectivity index is 1.87. The standard InChI is InChI=1S/C17H24N8OS3/c1-11-10-12(19-15(18-11)29-17(27)24(4)5)28-16-21-13(23(2)3)20-14(22-16)25-6-8-26-9-7-25/h10H,6-9H2,1-5H3. The van der Waals surface area contributed by atoms with Crippen LogP contribution in [-0.4, -0.2) is 88.6 Å². The fourth-order valence-corrected chi connectivity index (χ4v) is 4.12. The summed E-state index contributed by atoms with van der Waals surface area (Å²) >= 11 is 8.12. The highest BCUT2D eigenvalue weighted by Crippen LogP contribution is 2.28. The van der Waals surface area contributed by atoms with Crippen LogP contribution in [0.5, 0.6) is 0 Å². The van der Waals surface area contributed by atoms with Gasteiger partial charge in [0.05, 0.1) is 13.2 Å². The van der Waals surface area contributed by atoms with Gasteiger partial charge in [-0.05, 0) is 36.5 Å². The van der Waals surface area contributed by atoms with E-state index in [1.807, 2.05) is 51.0 Å². The molecule has 0 radical (unpaired) electrons. The van der Waals surface area contributed by atoms with Crippen molar-refractivity contribution in [2.24, 2.45) is 0 Å². The Morgan fingerprint density at radius 3 is 2.41 bits per heavy atom. The summed E-state index contributed by atoms with van der Waals surface area (Å²) < 4.78 is 6.14. The molecule has 9 nitrogen and oxygen atoms in total. The fraction of sp³-hybridized carbons (Fsp3) is 0.529. The van der Waals surface area contributed by atoms with Crippen molar-refractivity contribution in [2.75, 3.05) is 64.3 Å². The molecule has 0 N–H and O–H groups in total. The van der Waals surface area contributed by atoms with Crippen LogP contribution in [0.15, 0.2) is 21.4 Å². The van der Waals surface area contributed by atoms with E-state index in [-0.39, 0.29) is 0 Å². The minimum absolute atomic E-state index is 0.592. The van der Waals surface area contributed by atoms with Crippen LogP contribution in [-0.2, 0) is 4.74 Å². The van der Waals surface area contributed by atoms with Gasteiger partial charge < -0.3 is 19.4 Å². The van der Waals surface area contributed by atoms with E-state index in [2.05, 4.69) is 29.8 Å². The number of thiocarbonyl (C=S) groups is 1. The van der Waals surface area contributed by atoms with Crippen LogP contribution < -0.4 is 9.80 Å². The second-order valence-electron chi connectivity index (χ2n) is 6.71. The minimum atomic E-state index is 0.592. The molecule has 1 fully saturated rings. The minimum Gasteiger partial charge on any atom is -0.378 e. The molecular formula is C17H24N8OS3. The van der Waals surface area contributed by atoms with Gasteiger partial charge in [-0.2, -0.15) is 15.0 Å². The molecule has 2 aromatic heterocycles. The topological polar surface area (TPSA) is 83.4 Å². The lowest BCUT2D eigenvalue weighted by Crippen LogP contribution is -2.37. The number of aryl methyl sites for hydroxylation is 1. The zero-order valence-electron chi connectivity index (χ0n) is 17.1. The summed E-state index contributed by atoms with van der Waals surface area (Å²) in [7, 11) is 7.64. The molecule has 3 heterocycles. The van der Waals surface area contributed by atoms with Gasteiger partial charge in [-0.15, -0.1) is 0 Å². The Morgan fingerprint density at radius 2 is 1.76 bits per heavy atom. The van der Waals surface area contributed by atoms with Crippen molar-refractivity contribution in [1.29, 1.82) is 0 Å². The van der Waals surface area contributed by atoms with E-state index in [4.69, 9.17) is 17.0 Å². The van der Waals surface area contributed by atoms with Crippen molar-refractivity contribution < 1.29 is 4.74 Å². The Hall–Kier alpha value is -1.76. The molecule has 0 unspecified atom stereocenters. The molecule has 1 aliphatic rings. The van der Waals surface area contributed by atoms with Crippen LogP contribution in [0.2, 0.25) is 0 Å². The van der Waals surface area contributed by atoms with E-state index in [0.29, 0.717) is 39.7 Å². The third-order valence-corrected chi connectivity index (χ3v) is 6.14. The second kappa shape index (κ2) is 9.83. The quantitative estimate of drug-likeness (QED) is 0.288. The summed E-state index contributed by atoms with van der Waals surface area (Å²) in [5.41, 5.74) is 0.863. The largest absolute Gasteiger partial charge is 0.378 e. The van der Waals surface area contributed by atoms with Crippen molar-refractivity contribution in [3.63, 3.8) is 0 Å². The van der Waals surface area contributed by atoms with Crippen LogP contribution in [0.1, 0.15) is 5.69 Å². The van der Waals surface area contributed by atoms with E-state index in [1.165, 1.54) is 23.5 Å². The predicted molar refractivity (Wildman–Crippen MR) is 120 cm³/mol. The van der Waals surface area contributed by atoms with Gasteiger partial charge in [0.15, 0.2) is 5.16 Å². The number of hydrogen-bond donors (Lipinski definition) is 0. The van der Waals surface area contributed by atoms with Crippen molar-refractivity contribution >= 4 is 52.0 Å². The summed E-state index contributed by atoms with van der Waals surface area (Å²) in [6.45, 7) is 4.80. The van der Waals surface area contributed by atoms with Crippen LogP contribution in [0, 0.1) is 6.92 Å². The predicted octanol–water partition coefficient (Wildman–Crippen LogP) is 1.96. The lowest BCUT2D eigenvalue weighted by molar-refractivity contribution is 0.122. The molecule has 0 atom stereocenters. The third kappa shape index (κ3) is 6.11. The average molecular weight is 453 g/mol. The first-order valence-corrected chi connectivity index (χ1v) is 11.0. The summed E-state index contributed by atoms with van der Waals surface area (Å²) in [5.74, 6) is 1.27. The molecule has 0 amide bonds. The van der Waals surface area contributed by atoms with Crippen molar-refractivity contribution in [2.45, 2.75) is 22.3 Å². The van der Waals surface area contributed by atoms with Gasteiger partial charge >= 0.3 is 0 Å². The van der Waals surface area contributed by atoms with Gasteiger partial charge in [0.2, 0.25) is 17.1 Å². The van der Waals surface area contributed by atoms with Gasteiger partial charge in [-0.1, -0.05) is 12.2 Å². The Labute approximate surface area is 184 Å². The van der Waals surface area contributed by atoms with Gasteiger partial charge in [-0.25, -0.2) is 9.97 Å². The van der Waals surface area contributed by atoms with E-state index in [0.717, 1.165) is 23.8 Å². The number of rotatable bonds is 5. The van der Waals surface area contributed by atoms with Crippen molar-refractivity contribution in [3.05, 3.63) is 11.8 Å². The van der Waals surface area contributed by atoms with Crippen LogP contribution >= 0.6 is 35.7 Å². The van der Waals surface area contributed by atoms with Crippen LogP contribution in [0.3, 0.4) is 0 Å². The lowest BCUT2D eigenvalue weighted by atomic mass is 10.4. The highest BCUT2D eigenvalue weighted by Gasteiger charge is 2.18. The Morgan fingerprint density at radius 1 is 1.03 bits per heavy atom. The molecule has 0 aromatic carbocycles. The van der Waals surface area contributed by atoms with E-state index in [1.54, 1.807) is 0 Å². The van der Waals surface area contributed by atoms with Crippen LogP contribution in [0.4, 0.5) is 11.9 Å². The first-order valence-electron chi connectivity index (χ1n) is 9.00. The van der Waals surface area contributed by atoms with E-state index in [9.17, 15) is 0 Å². The fourth-order valence-electron chi connectivity index (χ4n) is 2.36. The molecule has 1 saturated heterocycles. The second-order valence-corrected chi connectivity index (χ2v) is 9.30. The number of ether oxygens (including phenoxy) is 1. The number of thioether (sulfide) groups is 1. The summed E-state index contributed by atoms with van der Waals surface area (Å²) in [4.78, 5) is 28.8. The monoisotopic (exact) mass is 452 g/mol. The number of nitrogens with zero attached hydrogens (tertiary/aromatic N) is 8. The molecule has 0 spiro atoms. The molecule has 0 bridgehead atoms. The molecule has 0 saturated carbocycles. The zero-order valence-corrected chi connectivity index (χ0v) is 19.6. The van der Waals surface area contributed by atoms with Crippen LogP contribution in [0.25, 0.3) is 0 Å². The third-order valence-electron chi connectivity index (χ3n) is 3.84. The molecule has 1 aliphatic heterocycles. The molecule has 29 heavy (non-hydrogen) atoms. The first-order chi connectivity index (χ1) is 13.8. The molecule has 156 valence electrons. The van der Waals surface area contributed by atoms with E-state index < -0.39 is 0 Å². The molecular weight excluding hydrogens is 428 g/mol. The first kappa shape index (κ1) is 21.9. The summed E-state index contributed by atoms with van der Waals surface area (Å²) in [5, 5.41) is 1.97. The highest BCUT2D eigenvalue weighted by molar-refractivity contribution is 8.22. The van der Waals surface area contributed by atoms with Gasteiger partial charge in [-0.3, -0.25) is 0 Å². The molecule has 3 rings (SSSR count). The number of aromatic nitrogens is 5. The molecule has 2 aromatic rings. The van der Waals surface area contributed by atoms with Crippen molar-refractivity contribution in [1.82, 2.24) is 29.8 Å². The Bertz CT molecular complexity index is 874. The number of hydrogen-bond acceptors (Lipinski definition) is 11. The van der Waals surface area contributed by atoms with Gasteiger partial charge in [0.25, 0.3) is 0 Å². The average Bonchev–Trinajstić information content (AvgIpc) is 2.67. The zero-order chi connectivity index (χ0) is 21.0.